The highest BCUT2D eigenvalue weighted by Gasteiger charge is 2.69. The minimum absolute atomic E-state index is 0.0284. The van der Waals surface area contributed by atoms with Crippen LogP contribution in [-0.2, 0) is 4.79 Å². The highest BCUT2D eigenvalue weighted by Crippen LogP contribution is 2.75. The lowest BCUT2D eigenvalue weighted by Crippen LogP contribution is -2.66. The maximum Gasteiger partial charge on any atom is 0.269 e. The number of fused-ring (bicyclic) bond motifs is 7. The third-order valence-corrected chi connectivity index (χ3v) is 14.3. The van der Waals surface area contributed by atoms with E-state index in [1.54, 1.807) is 24.5 Å². The van der Waals surface area contributed by atoms with E-state index in [4.69, 9.17) is 0 Å². The molecule has 4 fully saturated rings. The standard InChI is InChI=1S/C36H53N3O3/c1-31(2)16-18-36(30(42)39-38-29(41)23-12-20-37-21-13-23)19-17-34(6)24(25(36)22-31)8-9-27-33(5)14-11-28(40)32(3,4)26(33)10-15-35(27,34)7/h8,12-13,20-21,25-28,40H,9-11,14-19,22H2,1-7H3,(H,38,41)(H,39,42)/t25-,26-,27+,28?,33-,34+,35+,36-/m0/s1. The van der Waals surface area contributed by atoms with Gasteiger partial charge in [0.2, 0.25) is 5.91 Å². The molecule has 5 aliphatic rings. The van der Waals surface area contributed by atoms with Gasteiger partial charge in [-0.3, -0.25) is 25.4 Å². The van der Waals surface area contributed by atoms with Gasteiger partial charge in [-0.1, -0.05) is 60.1 Å². The van der Waals surface area contributed by atoms with Crippen molar-refractivity contribution in [1.29, 1.82) is 0 Å². The number of nitrogens with one attached hydrogen (secondary N) is 2. The van der Waals surface area contributed by atoms with E-state index < -0.39 is 5.41 Å². The van der Waals surface area contributed by atoms with E-state index in [-0.39, 0.29) is 50.9 Å². The first-order valence-electron chi connectivity index (χ1n) is 16.5. The summed E-state index contributed by atoms with van der Waals surface area (Å²) >= 11 is 0. The van der Waals surface area contributed by atoms with Gasteiger partial charge in [0.05, 0.1) is 11.5 Å². The number of rotatable bonds is 2. The van der Waals surface area contributed by atoms with Gasteiger partial charge in [-0.05, 0) is 121 Å². The summed E-state index contributed by atoms with van der Waals surface area (Å²) in [4.78, 5) is 31.0. The zero-order chi connectivity index (χ0) is 30.3. The molecule has 2 amide bonds. The number of allylic oxidation sites excluding steroid dienone is 2. The second kappa shape index (κ2) is 9.64. The average molecular weight is 576 g/mol. The maximum absolute atomic E-state index is 14.2. The van der Waals surface area contributed by atoms with Crippen molar-refractivity contribution in [3.05, 3.63) is 41.7 Å². The molecule has 0 spiro atoms. The third-order valence-electron chi connectivity index (χ3n) is 14.3. The number of aliphatic hydroxyl groups excluding tert-OH is 1. The molecule has 0 aliphatic heterocycles. The van der Waals surface area contributed by atoms with Crippen molar-refractivity contribution in [2.45, 2.75) is 119 Å². The van der Waals surface area contributed by atoms with E-state index in [9.17, 15) is 14.7 Å². The molecule has 1 aromatic heterocycles. The number of pyridine rings is 1. The molecule has 230 valence electrons. The van der Waals surface area contributed by atoms with E-state index in [1.165, 1.54) is 18.4 Å². The lowest BCUT2D eigenvalue weighted by Gasteiger charge is -2.71. The number of aliphatic hydroxyl groups is 1. The van der Waals surface area contributed by atoms with Crippen LogP contribution in [0.4, 0.5) is 0 Å². The smallest absolute Gasteiger partial charge is 0.269 e. The molecule has 8 atom stereocenters. The van der Waals surface area contributed by atoms with Gasteiger partial charge in [0.25, 0.3) is 5.91 Å². The molecule has 42 heavy (non-hydrogen) atoms. The predicted octanol–water partition coefficient (Wildman–Crippen LogP) is 7.01. The number of carbonyl (C=O) groups excluding carboxylic acids is 2. The molecule has 0 saturated heterocycles. The number of nitrogens with zero attached hydrogens (tertiary/aromatic N) is 1. The fourth-order valence-corrected chi connectivity index (χ4v) is 11.5. The number of carbonyl (C=O) groups is 2. The van der Waals surface area contributed by atoms with Crippen LogP contribution < -0.4 is 10.9 Å². The summed E-state index contributed by atoms with van der Waals surface area (Å²) in [6.07, 6.45) is 15.7. The molecule has 5 aliphatic carbocycles. The molecular weight excluding hydrogens is 522 g/mol. The quantitative estimate of drug-likeness (QED) is 0.261. The van der Waals surface area contributed by atoms with Gasteiger partial charge in [-0.15, -0.1) is 0 Å². The number of hydrazine groups is 1. The Kier molecular flexibility index (Phi) is 6.85. The zero-order valence-electron chi connectivity index (χ0n) is 27.0. The summed E-state index contributed by atoms with van der Waals surface area (Å²) in [5.41, 5.74) is 7.60. The van der Waals surface area contributed by atoms with Crippen molar-refractivity contribution in [2.24, 2.45) is 50.2 Å². The number of aromatic nitrogens is 1. The van der Waals surface area contributed by atoms with Crippen molar-refractivity contribution in [3.63, 3.8) is 0 Å². The molecule has 0 radical (unpaired) electrons. The normalized spacial score (nSPS) is 43.4. The summed E-state index contributed by atoms with van der Waals surface area (Å²) < 4.78 is 0. The lowest BCUT2D eigenvalue weighted by atomic mass is 9.33. The minimum Gasteiger partial charge on any atom is -0.393 e. The van der Waals surface area contributed by atoms with Crippen molar-refractivity contribution in [2.75, 3.05) is 0 Å². The maximum atomic E-state index is 14.2. The molecule has 6 rings (SSSR count). The van der Waals surface area contributed by atoms with Crippen molar-refractivity contribution in [1.82, 2.24) is 15.8 Å². The molecule has 6 nitrogen and oxygen atoms in total. The van der Waals surface area contributed by atoms with E-state index in [0.29, 0.717) is 17.4 Å². The van der Waals surface area contributed by atoms with Crippen LogP contribution in [0.1, 0.15) is 123 Å². The minimum atomic E-state index is -0.506. The summed E-state index contributed by atoms with van der Waals surface area (Å²) in [7, 11) is 0. The predicted molar refractivity (Wildman–Crippen MR) is 165 cm³/mol. The van der Waals surface area contributed by atoms with Crippen LogP contribution in [-0.4, -0.2) is 28.0 Å². The topological polar surface area (TPSA) is 91.3 Å². The van der Waals surface area contributed by atoms with Gasteiger partial charge in [-0.25, -0.2) is 0 Å². The van der Waals surface area contributed by atoms with Gasteiger partial charge < -0.3 is 5.11 Å². The van der Waals surface area contributed by atoms with Crippen LogP contribution in [0.3, 0.4) is 0 Å². The molecule has 1 unspecified atom stereocenters. The van der Waals surface area contributed by atoms with Crippen LogP contribution in [0.5, 0.6) is 0 Å². The first-order chi connectivity index (χ1) is 19.6. The Morgan fingerprint density at radius 2 is 1.55 bits per heavy atom. The largest absolute Gasteiger partial charge is 0.393 e. The Hall–Kier alpha value is -2.21. The Bertz CT molecular complexity index is 1290. The van der Waals surface area contributed by atoms with Gasteiger partial charge >= 0.3 is 0 Å². The van der Waals surface area contributed by atoms with Crippen LogP contribution in [0.25, 0.3) is 0 Å². The molecular formula is C36H53N3O3. The first-order valence-corrected chi connectivity index (χ1v) is 16.5. The van der Waals surface area contributed by atoms with E-state index in [0.717, 1.165) is 51.4 Å². The van der Waals surface area contributed by atoms with Crippen LogP contribution in [0, 0.1) is 50.2 Å². The molecule has 6 heteroatoms. The van der Waals surface area contributed by atoms with E-state index in [1.807, 2.05) is 0 Å². The molecule has 0 aromatic carbocycles. The second-order valence-electron chi connectivity index (χ2n) is 16.9. The SMILES string of the molecule is CC1(C)CC[C@]2(C(=O)NNC(=O)c3ccncc3)CC[C@]3(C)C(=CC[C@@H]4[C@@]5(C)CCC(O)C(C)(C)[C@@H]5CC[C@]43C)[C@@H]2C1. The van der Waals surface area contributed by atoms with E-state index in [2.05, 4.69) is 70.4 Å². The highest BCUT2D eigenvalue weighted by molar-refractivity contribution is 5.96. The van der Waals surface area contributed by atoms with Crippen molar-refractivity contribution < 1.29 is 14.7 Å². The number of hydrogen-bond donors (Lipinski definition) is 3. The van der Waals surface area contributed by atoms with Gasteiger partial charge in [-0.2, -0.15) is 0 Å². The van der Waals surface area contributed by atoms with Crippen LogP contribution >= 0.6 is 0 Å². The third kappa shape index (κ3) is 4.09. The number of amides is 2. The van der Waals surface area contributed by atoms with Gasteiger partial charge in [0.15, 0.2) is 0 Å². The van der Waals surface area contributed by atoms with Crippen LogP contribution in [0.15, 0.2) is 36.2 Å². The number of hydrogen-bond acceptors (Lipinski definition) is 4. The highest BCUT2D eigenvalue weighted by atomic mass is 16.3. The van der Waals surface area contributed by atoms with Crippen molar-refractivity contribution in [3.8, 4) is 0 Å². The van der Waals surface area contributed by atoms with Crippen LogP contribution in [0.2, 0.25) is 0 Å². The molecule has 3 N–H and O–H groups in total. The lowest BCUT2D eigenvalue weighted by molar-refractivity contribution is -0.203. The molecule has 0 bridgehead atoms. The first kappa shape index (κ1) is 29.8. The zero-order valence-corrected chi connectivity index (χ0v) is 27.0. The summed E-state index contributed by atoms with van der Waals surface area (Å²) in [5.74, 6) is 0.927. The molecule has 1 aromatic rings. The molecule has 1 heterocycles. The molecule has 4 saturated carbocycles. The Balaban J connectivity index is 1.33. The van der Waals surface area contributed by atoms with Crippen molar-refractivity contribution >= 4 is 11.8 Å². The Morgan fingerprint density at radius 1 is 0.857 bits per heavy atom. The summed E-state index contributed by atoms with van der Waals surface area (Å²) in [6.45, 7) is 17.0. The average Bonchev–Trinajstić information content (AvgIpc) is 2.94. The Morgan fingerprint density at radius 3 is 2.26 bits per heavy atom. The monoisotopic (exact) mass is 575 g/mol. The second-order valence-corrected chi connectivity index (χ2v) is 16.9. The van der Waals surface area contributed by atoms with E-state index >= 15 is 0 Å². The Labute approximate surface area is 252 Å². The summed E-state index contributed by atoms with van der Waals surface area (Å²) in [6, 6.07) is 3.32. The van der Waals surface area contributed by atoms with Gasteiger partial charge in [0.1, 0.15) is 0 Å². The fourth-order valence-electron chi connectivity index (χ4n) is 11.5. The fraction of sp³-hybridized carbons (Fsp3) is 0.750. The van der Waals surface area contributed by atoms with Gasteiger partial charge in [0, 0.05) is 18.0 Å². The summed E-state index contributed by atoms with van der Waals surface area (Å²) in [5, 5.41) is 11.0.